The van der Waals surface area contributed by atoms with Crippen LogP contribution in [-0.2, 0) is 16.1 Å². The number of rotatable bonds is 6. The summed E-state index contributed by atoms with van der Waals surface area (Å²) in [5, 5.41) is 12.0. The molecule has 0 spiro atoms. The van der Waals surface area contributed by atoms with Gasteiger partial charge in [-0.1, -0.05) is 30.3 Å². The Morgan fingerprint density at radius 3 is 2.52 bits per heavy atom. The minimum absolute atomic E-state index is 0.0467. The fraction of sp³-hybridized carbons (Fsp3) is 0.217. The first-order chi connectivity index (χ1) is 13.9. The quantitative estimate of drug-likeness (QED) is 0.647. The van der Waals surface area contributed by atoms with Gasteiger partial charge >= 0.3 is 5.97 Å². The van der Waals surface area contributed by atoms with Crippen LogP contribution < -0.4 is 4.74 Å². The molecule has 0 unspecified atom stereocenters. The standard InChI is InChI=1S/C23H23NO5/c1-15-5-4-6-20(22(15)26)23(27)29-14-21(25)24(2)13-16-7-8-18-12-19(28-3)10-9-17(18)11-16/h4-12,26H,13-14H2,1-3H3. The van der Waals surface area contributed by atoms with E-state index in [1.807, 2.05) is 36.4 Å². The maximum absolute atomic E-state index is 12.4. The molecule has 29 heavy (non-hydrogen) atoms. The second-order valence-electron chi connectivity index (χ2n) is 6.84. The molecule has 1 N–H and O–H groups in total. The zero-order valence-electron chi connectivity index (χ0n) is 16.6. The number of amides is 1. The van der Waals surface area contributed by atoms with Crippen LogP contribution in [0.2, 0.25) is 0 Å². The van der Waals surface area contributed by atoms with Crippen LogP contribution in [0.15, 0.2) is 54.6 Å². The van der Waals surface area contributed by atoms with Crippen molar-refractivity contribution in [2.45, 2.75) is 13.5 Å². The second kappa shape index (κ2) is 8.65. The number of hydrogen-bond acceptors (Lipinski definition) is 5. The van der Waals surface area contributed by atoms with Gasteiger partial charge < -0.3 is 19.5 Å². The van der Waals surface area contributed by atoms with Crippen molar-refractivity contribution in [3.63, 3.8) is 0 Å². The summed E-state index contributed by atoms with van der Waals surface area (Å²) in [6.45, 7) is 1.67. The Balaban J connectivity index is 1.61. The zero-order valence-corrected chi connectivity index (χ0v) is 16.6. The topological polar surface area (TPSA) is 76.1 Å². The fourth-order valence-corrected chi connectivity index (χ4v) is 3.00. The number of hydrogen-bond donors (Lipinski definition) is 1. The van der Waals surface area contributed by atoms with Crippen LogP contribution in [-0.4, -0.2) is 42.6 Å². The first kappa shape index (κ1) is 20.2. The Kier molecular flexibility index (Phi) is 6.02. The van der Waals surface area contributed by atoms with Crippen LogP contribution >= 0.6 is 0 Å². The number of aromatic hydroxyl groups is 1. The van der Waals surface area contributed by atoms with Crippen molar-refractivity contribution in [3.05, 3.63) is 71.3 Å². The van der Waals surface area contributed by atoms with E-state index >= 15 is 0 Å². The van der Waals surface area contributed by atoms with E-state index in [1.165, 1.54) is 11.0 Å². The summed E-state index contributed by atoms with van der Waals surface area (Å²) in [5.41, 5.74) is 1.57. The third-order valence-electron chi connectivity index (χ3n) is 4.74. The molecule has 0 saturated carbocycles. The molecule has 0 fully saturated rings. The average molecular weight is 393 g/mol. The summed E-state index contributed by atoms with van der Waals surface area (Å²) in [6, 6.07) is 16.5. The Morgan fingerprint density at radius 1 is 1.03 bits per heavy atom. The predicted molar refractivity (Wildman–Crippen MR) is 110 cm³/mol. The number of para-hydroxylation sites is 1. The second-order valence-corrected chi connectivity index (χ2v) is 6.84. The van der Waals surface area contributed by atoms with E-state index in [0.717, 1.165) is 22.1 Å². The molecule has 0 atom stereocenters. The van der Waals surface area contributed by atoms with Gasteiger partial charge in [0.2, 0.25) is 0 Å². The zero-order chi connectivity index (χ0) is 21.0. The predicted octanol–water partition coefficient (Wildman–Crippen LogP) is 3.68. The number of phenolic OH excluding ortho intramolecular Hbond substituents is 1. The highest BCUT2D eigenvalue weighted by molar-refractivity contribution is 5.94. The number of fused-ring (bicyclic) bond motifs is 1. The van der Waals surface area contributed by atoms with Crippen molar-refractivity contribution in [2.75, 3.05) is 20.8 Å². The maximum atomic E-state index is 12.4. The Bertz CT molecular complexity index is 1060. The highest BCUT2D eigenvalue weighted by atomic mass is 16.5. The molecule has 1 amide bonds. The van der Waals surface area contributed by atoms with Gasteiger partial charge in [0.15, 0.2) is 6.61 Å². The third-order valence-corrected chi connectivity index (χ3v) is 4.74. The van der Waals surface area contributed by atoms with Crippen molar-refractivity contribution < 1.29 is 24.2 Å². The number of esters is 1. The van der Waals surface area contributed by atoms with Gasteiger partial charge in [-0.25, -0.2) is 4.79 Å². The van der Waals surface area contributed by atoms with Crippen molar-refractivity contribution in [3.8, 4) is 11.5 Å². The van der Waals surface area contributed by atoms with E-state index in [2.05, 4.69) is 0 Å². The number of carbonyl (C=O) groups is 2. The van der Waals surface area contributed by atoms with Crippen molar-refractivity contribution in [1.82, 2.24) is 4.90 Å². The molecule has 0 bridgehead atoms. The molecular formula is C23H23NO5. The SMILES string of the molecule is COc1ccc2cc(CN(C)C(=O)COC(=O)c3cccc(C)c3O)ccc2c1. The van der Waals surface area contributed by atoms with E-state index in [4.69, 9.17) is 9.47 Å². The maximum Gasteiger partial charge on any atom is 0.342 e. The molecule has 0 aromatic heterocycles. The van der Waals surface area contributed by atoms with Gasteiger partial charge in [-0.05, 0) is 53.1 Å². The van der Waals surface area contributed by atoms with E-state index < -0.39 is 12.6 Å². The molecule has 0 aliphatic heterocycles. The molecule has 6 nitrogen and oxygen atoms in total. The van der Waals surface area contributed by atoms with Crippen LogP contribution in [0.3, 0.4) is 0 Å². The number of methoxy groups -OCH3 is 1. The van der Waals surface area contributed by atoms with Crippen molar-refractivity contribution in [1.29, 1.82) is 0 Å². The van der Waals surface area contributed by atoms with Gasteiger partial charge in [0.1, 0.15) is 17.1 Å². The van der Waals surface area contributed by atoms with Crippen molar-refractivity contribution in [2.24, 2.45) is 0 Å². The smallest absolute Gasteiger partial charge is 0.342 e. The number of likely N-dealkylation sites (N-methyl/N-ethyl adjacent to an activating group) is 1. The van der Waals surface area contributed by atoms with E-state index in [-0.39, 0.29) is 17.2 Å². The molecule has 0 saturated heterocycles. The fourth-order valence-electron chi connectivity index (χ4n) is 3.00. The number of ether oxygens (including phenoxy) is 2. The van der Waals surface area contributed by atoms with Crippen LogP contribution in [0.25, 0.3) is 10.8 Å². The number of benzene rings is 3. The van der Waals surface area contributed by atoms with Crippen LogP contribution in [0, 0.1) is 6.92 Å². The Labute approximate surface area is 169 Å². The third kappa shape index (κ3) is 4.66. The van der Waals surface area contributed by atoms with E-state index in [1.54, 1.807) is 33.2 Å². The van der Waals surface area contributed by atoms with Gasteiger partial charge in [0, 0.05) is 13.6 Å². The number of aryl methyl sites for hydroxylation is 1. The largest absolute Gasteiger partial charge is 0.507 e. The van der Waals surface area contributed by atoms with E-state index in [0.29, 0.717) is 12.1 Å². The Hall–Kier alpha value is -3.54. The summed E-state index contributed by atoms with van der Waals surface area (Å²) in [5.74, 6) is -0.405. The normalized spacial score (nSPS) is 10.6. The summed E-state index contributed by atoms with van der Waals surface area (Å²) in [6.07, 6.45) is 0. The van der Waals surface area contributed by atoms with Crippen LogP contribution in [0.1, 0.15) is 21.5 Å². The van der Waals surface area contributed by atoms with Crippen molar-refractivity contribution >= 4 is 22.6 Å². The molecule has 0 aliphatic rings. The highest BCUT2D eigenvalue weighted by Gasteiger charge is 2.17. The van der Waals surface area contributed by atoms with Crippen LogP contribution in [0.5, 0.6) is 11.5 Å². The van der Waals surface area contributed by atoms with Gasteiger partial charge in [-0.3, -0.25) is 4.79 Å². The summed E-state index contributed by atoms with van der Waals surface area (Å²) >= 11 is 0. The minimum atomic E-state index is -0.729. The molecule has 3 rings (SSSR count). The lowest BCUT2D eigenvalue weighted by atomic mass is 10.1. The molecule has 150 valence electrons. The molecule has 0 radical (unpaired) electrons. The average Bonchev–Trinajstić information content (AvgIpc) is 2.73. The Morgan fingerprint density at radius 2 is 1.76 bits per heavy atom. The van der Waals surface area contributed by atoms with Gasteiger partial charge in [0.05, 0.1) is 7.11 Å². The first-order valence-electron chi connectivity index (χ1n) is 9.15. The number of carbonyl (C=O) groups excluding carboxylic acids is 2. The minimum Gasteiger partial charge on any atom is -0.507 e. The lowest BCUT2D eigenvalue weighted by Crippen LogP contribution is -2.30. The highest BCUT2D eigenvalue weighted by Crippen LogP contribution is 2.23. The molecule has 3 aromatic rings. The molecule has 0 aliphatic carbocycles. The summed E-state index contributed by atoms with van der Waals surface area (Å²) < 4.78 is 10.3. The number of phenols is 1. The van der Waals surface area contributed by atoms with Gasteiger partial charge in [-0.15, -0.1) is 0 Å². The number of nitrogens with zero attached hydrogens (tertiary/aromatic N) is 1. The summed E-state index contributed by atoms with van der Waals surface area (Å²) in [7, 11) is 3.28. The monoisotopic (exact) mass is 393 g/mol. The molecule has 6 heteroatoms. The van der Waals surface area contributed by atoms with E-state index in [9.17, 15) is 14.7 Å². The van der Waals surface area contributed by atoms with Crippen LogP contribution in [0.4, 0.5) is 0 Å². The molecule has 0 heterocycles. The first-order valence-corrected chi connectivity index (χ1v) is 9.15. The lowest BCUT2D eigenvalue weighted by molar-refractivity contribution is -0.133. The van der Waals surface area contributed by atoms with Gasteiger partial charge in [-0.2, -0.15) is 0 Å². The molecular weight excluding hydrogens is 370 g/mol. The van der Waals surface area contributed by atoms with Gasteiger partial charge in [0.25, 0.3) is 5.91 Å². The lowest BCUT2D eigenvalue weighted by Gasteiger charge is -2.18. The molecule has 3 aromatic carbocycles. The summed E-state index contributed by atoms with van der Waals surface area (Å²) in [4.78, 5) is 26.0.